The molecule has 0 radical (unpaired) electrons. The van der Waals surface area contributed by atoms with E-state index < -0.39 is 11.8 Å². The first-order valence-corrected chi connectivity index (χ1v) is 5.64. The number of ketones is 1. The molecule has 0 spiro atoms. The van der Waals surface area contributed by atoms with Crippen LogP contribution in [0.1, 0.15) is 5.56 Å². The van der Waals surface area contributed by atoms with Crippen LogP contribution >= 0.6 is 0 Å². The Morgan fingerprint density at radius 3 is 2.47 bits per heavy atom. The van der Waals surface area contributed by atoms with Crippen LogP contribution in [-0.2, 0) is 14.3 Å². The van der Waals surface area contributed by atoms with Crippen molar-refractivity contribution in [1.29, 1.82) is 0 Å². The van der Waals surface area contributed by atoms with E-state index in [1.165, 1.54) is 0 Å². The zero-order valence-electron chi connectivity index (χ0n) is 10.3. The zero-order chi connectivity index (χ0) is 13.8. The quantitative estimate of drug-likeness (QED) is 0.396. The molecule has 0 saturated heterocycles. The molecule has 4 heteroatoms. The fraction of sp³-hybridized carbons (Fsp3) is 0.0667. The molecular weight excluding hydrogens is 244 g/mol. The molecule has 0 bridgehead atoms. The highest BCUT2D eigenvalue weighted by Gasteiger charge is 2.12. The number of carbonyl (C=O) groups is 2. The van der Waals surface area contributed by atoms with Gasteiger partial charge in [-0.05, 0) is 16.8 Å². The van der Waals surface area contributed by atoms with Crippen LogP contribution in [0, 0.1) is 0 Å². The molecule has 1 N–H and O–H groups in total. The molecular formula is C15H12O4. The van der Waals surface area contributed by atoms with E-state index in [1.807, 2.05) is 30.3 Å². The van der Waals surface area contributed by atoms with Crippen LogP contribution in [-0.4, -0.2) is 24.0 Å². The molecule has 0 amide bonds. The van der Waals surface area contributed by atoms with Gasteiger partial charge in [-0.1, -0.05) is 36.4 Å². The van der Waals surface area contributed by atoms with Gasteiger partial charge in [0.1, 0.15) is 5.76 Å². The summed E-state index contributed by atoms with van der Waals surface area (Å²) in [6.07, 6.45) is 0.857. The van der Waals surface area contributed by atoms with Gasteiger partial charge in [-0.15, -0.1) is 0 Å². The van der Waals surface area contributed by atoms with E-state index in [0.29, 0.717) is 5.56 Å². The normalized spacial score (nSPS) is 11.3. The lowest BCUT2D eigenvalue weighted by Crippen LogP contribution is -2.13. The lowest BCUT2D eigenvalue weighted by atomic mass is 10.1. The van der Waals surface area contributed by atoms with Gasteiger partial charge in [-0.2, -0.15) is 0 Å². The molecule has 4 nitrogen and oxygen atoms in total. The number of aliphatic hydroxyl groups is 1. The van der Waals surface area contributed by atoms with Crippen molar-refractivity contribution in [2.24, 2.45) is 0 Å². The summed E-state index contributed by atoms with van der Waals surface area (Å²) in [5, 5.41) is 11.8. The third kappa shape index (κ3) is 2.80. The molecule has 2 aromatic rings. The Kier molecular flexibility index (Phi) is 3.61. The number of esters is 1. The molecule has 0 fully saturated rings. The lowest BCUT2D eigenvalue weighted by molar-refractivity contribution is -0.149. The average molecular weight is 256 g/mol. The van der Waals surface area contributed by atoms with Gasteiger partial charge in [-0.25, -0.2) is 4.79 Å². The molecule has 0 saturated carbocycles. The summed E-state index contributed by atoms with van der Waals surface area (Å²) in [6, 6.07) is 12.9. The van der Waals surface area contributed by atoms with Crippen molar-refractivity contribution in [2.75, 3.05) is 7.11 Å². The van der Waals surface area contributed by atoms with Crippen LogP contribution < -0.4 is 0 Å². The van der Waals surface area contributed by atoms with Crippen molar-refractivity contribution in [3.8, 4) is 0 Å². The molecule has 0 unspecified atom stereocenters. The van der Waals surface area contributed by atoms with Crippen molar-refractivity contribution < 1.29 is 19.4 Å². The Bertz CT molecular complexity index is 671. The molecule has 19 heavy (non-hydrogen) atoms. The van der Waals surface area contributed by atoms with Gasteiger partial charge >= 0.3 is 5.97 Å². The van der Waals surface area contributed by atoms with E-state index in [-0.39, 0.29) is 5.76 Å². The van der Waals surface area contributed by atoms with Gasteiger partial charge in [0, 0.05) is 11.6 Å². The third-order valence-corrected chi connectivity index (χ3v) is 2.70. The van der Waals surface area contributed by atoms with Crippen LogP contribution in [0.2, 0.25) is 0 Å². The van der Waals surface area contributed by atoms with E-state index in [0.717, 1.165) is 24.0 Å². The van der Waals surface area contributed by atoms with E-state index in [9.17, 15) is 14.7 Å². The Hall–Kier alpha value is -2.62. The maximum atomic E-state index is 11.3. The number of benzene rings is 2. The fourth-order valence-corrected chi connectivity index (χ4v) is 1.72. The first-order valence-electron chi connectivity index (χ1n) is 5.64. The van der Waals surface area contributed by atoms with Crippen LogP contribution in [0.15, 0.2) is 48.5 Å². The lowest BCUT2D eigenvalue weighted by Gasteiger charge is -2.03. The number of hydrogen-bond donors (Lipinski definition) is 1. The minimum Gasteiger partial charge on any atom is -0.507 e. The number of hydrogen-bond acceptors (Lipinski definition) is 4. The molecule has 0 aliphatic carbocycles. The Balaban J connectivity index is 2.36. The number of rotatable bonds is 3. The summed E-state index contributed by atoms with van der Waals surface area (Å²) in [5.74, 6) is -2.17. The van der Waals surface area contributed by atoms with E-state index >= 15 is 0 Å². The molecule has 2 rings (SSSR count). The summed E-state index contributed by atoms with van der Waals surface area (Å²) < 4.78 is 4.27. The van der Waals surface area contributed by atoms with E-state index in [1.54, 1.807) is 12.1 Å². The van der Waals surface area contributed by atoms with Crippen molar-refractivity contribution in [3.63, 3.8) is 0 Å². The highest BCUT2D eigenvalue weighted by atomic mass is 16.5. The molecule has 0 aliphatic rings. The molecule has 0 aliphatic heterocycles. The minimum atomic E-state index is -1.01. The molecule has 0 aromatic heterocycles. The van der Waals surface area contributed by atoms with Gasteiger partial charge in [0.2, 0.25) is 0 Å². The monoisotopic (exact) mass is 256 g/mol. The molecule has 0 heterocycles. The summed E-state index contributed by atoms with van der Waals surface area (Å²) in [7, 11) is 1.11. The van der Waals surface area contributed by atoms with Crippen molar-refractivity contribution in [2.45, 2.75) is 0 Å². The molecule has 2 aromatic carbocycles. The second kappa shape index (κ2) is 5.35. The largest absolute Gasteiger partial charge is 0.507 e. The highest BCUT2D eigenvalue weighted by Crippen LogP contribution is 2.19. The smallest absolute Gasteiger partial charge is 0.378 e. The van der Waals surface area contributed by atoms with Gasteiger partial charge in [0.25, 0.3) is 5.78 Å². The number of aliphatic hydroxyl groups excluding tert-OH is 1. The SMILES string of the molecule is COC(=O)C(=O)/C=C(/O)c1ccc2ccccc2c1. The van der Waals surface area contributed by atoms with Crippen molar-refractivity contribution in [1.82, 2.24) is 0 Å². The maximum Gasteiger partial charge on any atom is 0.378 e. The number of ether oxygens (including phenoxy) is 1. The summed E-state index contributed by atoms with van der Waals surface area (Å²) in [5.41, 5.74) is 0.468. The molecule has 96 valence electrons. The zero-order valence-corrected chi connectivity index (χ0v) is 10.3. The van der Waals surface area contributed by atoms with Crippen LogP contribution in [0.3, 0.4) is 0 Å². The first-order chi connectivity index (χ1) is 9.11. The highest BCUT2D eigenvalue weighted by molar-refractivity contribution is 6.39. The number of methoxy groups -OCH3 is 1. The number of carbonyl (C=O) groups excluding carboxylic acids is 2. The van der Waals surface area contributed by atoms with Gasteiger partial charge in [0.15, 0.2) is 0 Å². The predicted octanol–water partition coefficient (Wildman–Crippen LogP) is 2.48. The van der Waals surface area contributed by atoms with Crippen LogP contribution in [0.4, 0.5) is 0 Å². The van der Waals surface area contributed by atoms with E-state index in [2.05, 4.69) is 4.74 Å². The first kappa shape index (κ1) is 12.8. The summed E-state index contributed by atoms with van der Waals surface area (Å²) >= 11 is 0. The topological polar surface area (TPSA) is 63.6 Å². The fourth-order valence-electron chi connectivity index (χ4n) is 1.72. The Labute approximate surface area is 109 Å². The second-order valence-corrected chi connectivity index (χ2v) is 3.95. The maximum absolute atomic E-state index is 11.3. The van der Waals surface area contributed by atoms with Gasteiger partial charge in [0.05, 0.1) is 7.11 Å². The van der Waals surface area contributed by atoms with Gasteiger partial charge < -0.3 is 9.84 Å². The van der Waals surface area contributed by atoms with Crippen LogP contribution in [0.25, 0.3) is 16.5 Å². The predicted molar refractivity (Wildman–Crippen MR) is 71.6 cm³/mol. The second-order valence-electron chi connectivity index (χ2n) is 3.95. The van der Waals surface area contributed by atoms with E-state index in [4.69, 9.17) is 0 Å². The number of fused-ring (bicyclic) bond motifs is 1. The Morgan fingerprint density at radius 2 is 1.79 bits per heavy atom. The van der Waals surface area contributed by atoms with Crippen molar-refractivity contribution in [3.05, 3.63) is 54.1 Å². The average Bonchev–Trinajstić information content (AvgIpc) is 2.45. The third-order valence-electron chi connectivity index (χ3n) is 2.70. The standard InChI is InChI=1S/C15H12O4/c1-19-15(18)14(17)9-13(16)12-7-6-10-4-2-3-5-11(10)8-12/h2-9,16H,1H3/b13-9+. The molecule has 0 atom stereocenters. The minimum absolute atomic E-state index is 0.263. The summed E-state index contributed by atoms with van der Waals surface area (Å²) in [6.45, 7) is 0. The van der Waals surface area contributed by atoms with Crippen molar-refractivity contribution >= 4 is 28.3 Å². The van der Waals surface area contributed by atoms with Crippen LogP contribution in [0.5, 0.6) is 0 Å². The van der Waals surface area contributed by atoms with Gasteiger partial charge in [-0.3, -0.25) is 4.79 Å². The summed E-state index contributed by atoms with van der Waals surface area (Å²) in [4.78, 5) is 22.3. The Morgan fingerprint density at radius 1 is 1.11 bits per heavy atom.